The standard InChI is InChI=1S/C19H18FN5O/c1-12-11-18(23-16-9-7-15(8-10-16)22-13(2)26)25-19(21-12)24-17-5-3-14(20)4-6-17/h3-11H,1-2H3,(H,22,26)(H2,21,23,24,25). The van der Waals surface area contributed by atoms with Gasteiger partial charge in [-0.2, -0.15) is 4.98 Å². The van der Waals surface area contributed by atoms with E-state index in [1.807, 2.05) is 25.1 Å². The van der Waals surface area contributed by atoms with Gasteiger partial charge in [0.15, 0.2) is 0 Å². The van der Waals surface area contributed by atoms with Crippen molar-refractivity contribution in [1.29, 1.82) is 0 Å². The lowest BCUT2D eigenvalue weighted by molar-refractivity contribution is -0.114. The van der Waals surface area contributed by atoms with E-state index in [0.29, 0.717) is 17.5 Å². The van der Waals surface area contributed by atoms with Gasteiger partial charge in [-0.1, -0.05) is 0 Å². The summed E-state index contributed by atoms with van der Waals surface area (Å²) in [5.41, 5.74) is 3.02. The molecule has 2 aromatic carbocycles. The fourth-order valence-electron chi connectivity index (χ4n) is 2.34. The minimum Gasteiger partial charge on any atom is -0.340 e. The predicted molar refractivity (Wildman–Crippen MR) is 100 cm³/mol. The monoisotopic (exact) mass is 351 g/mol. The summed E-state index contributed by atoms with van der Waals surface area (Å²) in [5, 5.41) is 8.97. The van der Waals surface area contributed by atoms with Crippen molar-refractivity contribution in [2.24, 2.45) is 0 Å². The van der Waals surface area contributed by atoms with Crippen LogP contribution in [0.1, 0.15) is 12.6 Å². The van der Waals surface area contributed by atoms with Crippen LogP contribution in [0.4, 0.5) is 33.2 Å². The highest BCUT2D eigenvalue weighted by Crippen LogP contribution is 2.20. The molecule has 0 bridgehead atoms. The molecule has 3 aromatic rings. The van der Waals surface area contributed by atoms with Crippen LogP contribution >= 0.6 is 0 Å². The molecule has 26 heavy (non-hydrogen) atoms. The average molecular weight is 351 g/mol. The smallest absolute Gasteiger partial charge is 0.229 e. The van der Waals surface area contributed by atoms with Crippen molar-refractivity contribution in [3.05, 3.63) is 66.1 Å². The van der Waals surface area contributed by atoms with E-state index < -0.39 is 0 Å². The van der Waals surface area contributed by atoms with Gasteiger partial charge in [0.1, 0.15) is 11.6 Å². The number of rotatable bonds is 5. The summed E-state index contributed by atoms with van der Waals surface area (Å²) in [6.07, 6.45) is 0. The number of benzene rings is 2. The Morgan fingerprint density at radius 2 is 1.46 bits per heavy atom. The Balaban J connectivity index is 1.74. The van der Waals surface area contributed by atoms with Gasteiger partial charge in [0.05, 0.1) is 0 Å². The molecule has 0 saturated carbocycles. The van der Waals surface area contributed by atoms with Crippen molar-refractivity contribution < 1.29 is 9.18 Å². The molecule has 1 aromatic heterocycles. The summed E-state index contributed by atoms with van der Waals surface area (Å²) < 4.78 is 13.0. The minimum atomic E-state index is -0.300. The third kappa shape index (κ3) is 4.76. The molecule has 7 heteroatoms. The molecule has 3 rings (SSSR count). The second-order valence-electron chi connectivity index (χ2n) is 5.73. The van der Waals surface area contributed by atoms with Crippen LogP contribution in [0.25, 0.3) is 0 Å². The number of nitrogens with one attached hydrogen (secondary N) is 3. The molecule has 0 unspecified atom stereocenters. The van der Waals surface area contributed by atoms with E-state index in [1.54, 1.807) is 24.3 Å². The Kier molecular flexibility index (Phi) is 5.07. The zero-order valence-corrected chi connectivity index (χ0v) is 14.4. The van der Waals surface area contributed by atoms with E-state index in [1.165, 1.54) is 19.1 Å². The van der Waals surface area contributed by atoms with Gasteiger partial charge in [0.25, 0.3) is 0 Å². The van der Waals surface area contributed by atoms with Gasteiger partial charge in [0.2, 0.25) is 11.9 Å². The molecule has 0 spiro atoms. The van der Waals surface area contributed by atoms with Crippen LogP contribution in [-0.4, -0.2) is 15.9 Å². The van der Waals surface area contributed by atoms with E-state index >= 15 is 0 Å². The van der Waals surface area contributed by atoms with Gasteiger partial charge in [-0.05, 0) is 55.5 Å². The molecule has 6 nitrogen and oxygen atoms in total. The molecule has 1 heterocycles. The molecule has 3 N–H and O–H groups in total. The van der Waals surface area contributed by atoms with Crippen molar-refractivity contribution in [2.75, 3.05) is 16.0 Å². The van der Waals surface area contributed by atoms with Gasteiger partial charge < -0.3 is 16.0 Å². The maximum atomic E-state index is 13.0. The molecule has 0 atom stereocenters. The number of hydrogen-bond acceptors (Lipinski definition) is 5. The number of nitrogens with zero attached hydrogens (tertiary/aromatic N) is 2. The molecule has 0 aliphatic carbocycles. The predicted octanol–water partition coefficient (Wildman–Crippen LogP) is 4.37. The lowest BCUT2D eigenvalue weighted by atomic mass is 10.2. The first-order valence-electron chi connectivity index (χ1n) is 8.01. The second kappa shape index (κ2) is 7.60. The quantitative estimate of drug-likeness (QED) is 0.636. The van der Waals surface area contributed by atoms with Crippen LogP contribution < -0.4 is 16.0 Å². The highest BCUT2D eigenvalue weighted by Gasteiger charge is 2.04. The third-order valence-corrected chi connectivity index (χ3v) is 3.43. The van der Waals surface area contributed by atoms with E-state index in [9.17, 15) is 9.18 Å². The highest BCUT2D eigenvalue weighted by molar-refractivity contribution is 5.88. The maximum absolute atomic E-state index is 13.0. The van der Waals surface area contributed by atoms with Crippen molar-refractivity contribution in [2.45, 2.75) is 13.8 Å². The Hall–Kier alpha value is -3.48. The first kappa shape index (κ1) is 17.3. The first-order chi connectivity index (χ1) is 12.5. The van der Waals surface area contributed by atoms with Gasteiger partial charge in [0, 0.05) is 35.7 Å². The summed E-state index contributed by atoms with van der Waals surface area (Å²) in [7, 11) is 0. The van der Waals surface area contributed by atoms with Crippen molar-refractivity contribution in [3.63, 3.8) is 0 Å². The number of carbonyl (C=O) groups excluding carboxylic acids is 1. The van der Waals surface area contributed by atoms with Gasteiger partial charge in [-0.3, -0.25) is 4.79 Å². The summed E-state index contributed by atoms with van der Waals surface area (Å²) in [6, 6.07) is 15.1. The summed E-state index contributed by atoms with van der Waals surface area (Å²) in [5.74, 6) is 0.614. The summed E-state index contributed by atoms with van der Waals surface area (Å²) in [4.78, 5) is 19.8. The fraction of sp³-hybridized carbons (Fsp3) is 0.105. The number of halogens is 1. The van der Waals surface area contributed by atoms with Crippen LogP contribution in [0.15, 0.2) is 54.6 Å². The van der Waals surface area contributed by atoms with Crippen molar-refractivity contribution in [1.82, 2.24) is 9.97 Å². The average Bonchev–Trinajstić information content (AvgIpc) is 2.58. The molecule has 0 radical (unpaired) electrons. The van der Waals surface area contributed by atoms with Crippen LogP contribution in [0, 0.1) is 12.7 Å². The largest absolute Gasteiger partial charge is 0.340 e. The Morgan fingerprint density at radius 3 is 2.12 bits per heavy atom. The minimum absolute atomic E-state index is 0.117. The van der Waals surface area contributed by atoms with Crippen LogP contribution in [0.3, 0.4) is 0 Å². The molecule has 0 aliphatic rings. The molecule has 1 amide bonds. The topological polar surface area (TPSA) is 78.9 Å². The Bertz CT molecular complexity index is 910. The molecule has 0 aliphatic heterocycles. The number of aromatic nitrogens is 2. The molecule has 132 valence electrons. The van der Waals surface area contributed by atoms with Crippen LogP contribution in [0.2, 0.25) is 0 Å². The number of amides is 1. The molecule has 0 fully saturated rings. The molecular formula is C19H18FN5O. The third-order valence-electron chi connectivity index (χ3n) is 3.43. The Labute approximate surface area is 150 Å². The van der Waals surface area contributed by atoms with E-state index in [-0.39, 0.29) is 11.7 Å². The lowest BCUT2D eigenvalue weighted by Gasteiger charge is -2.10. The second-order valence-corrected chi connectivity index (χ2v) is 5.73. The summed E-state index contributed by atoms with van der Waals surface area (Å²) >= 11 is 0. The van der Waals surface area contributed by atoms with E-state index in [0.717, 1.165) is 17.1 Å². The number of aryl methyl sites for hydroxylation is 1. The molecule has 0 saturated heterocycles. The van der Waals surface area contributed by atoms with Crippen LogP contribution in [-0.2, 0) is 4.79 Å². The first-order valence-corrected chi connectivity index (χ1v) is 8.01. The summed E-state index contributed by atoms with van der Waals surface area (Å²) in [6.45, 7) is 3.33. The van der Waals surface area contributed by atoms with Gasteiger partial charge >= 0.3 is 0 Å². The number of carbonyl (C=O) groups is 1. The Morgan fingerprint density at radius 1 is 0.885 bits per heavy atom. The lowest BCUT2D eigenvalue weighted by Crippen LogP contribution is -2.05. The van der Waals surface area contributed by atoms with Crippen molar-refractivity contribution >= 4 is 34.7 Å². The number of anilines is 5. The zero-order valence-electron chi connectivity index (χ0n) is 14.4. The normalized spacial score (nSPS) is 10.3. The molecular weight excluding hydrogens is 333 g/mol. The van der Waals surface area contributed by atoms with E-state index in [4.69, 9.17) is 0 Å². The van der Waals surface area contributed by atoms with Crippen molar-refractivity contribution in [3.8, 4) is 0 Å². The maximum Gasteiger partial charge on any atom is 0.229 e. The van der Waals surface area contributed by atoms with Gasteiger partial charge in [-0.25, -0.2) is 9.37 Å². The zero-order chi connectivity index (χ0) is 18.5. The highest BCUT2D eigenvalue weighted by atomic mass is 19.1. The SMILES string of the molecule is CC(=O)Nc1ccc(Nc2cc(C)nc(Nc3ccc(F)cc3)n2)cc1. The van der Waals surface area contributed by atoms with Gasteiger partial charge in [-0.15, -0.1) is 0 Å². The van der Waals surface area contributed by atoms with Crippen LogP contribution in [0.5, 0.6) is 0 Å². The fourth-order valence-corrected chi connectivity index (χ4v) is 2.34. The number of hydrogen-bond donors (Lipinski definition) is 3. The van der Waals surface area contributed by atoms with E-state index in [2.05, 4.69) is 25.9 Å².